The van der Waals surface area contributed by atoms with Crippen LogP contribution in [0, 0.1) is 0 Å². The molecule has 0 bridgehead atoms. The van der Waals surface area contributed by atoms with Crippen molar-refractivity contribution in [1.29, 1.82) is 0 Å². The highest BCUT2D eigenvalue weighted by Gasteiger charge is 2.16. The summed E-state index contributed by atoms with van der Waals surface area (Å²) in [5, 5.41) is 0. The van der Waals surface area contributed by atoms with E-state index in [1.165, 1.54) is 7.11 Å². The summed E-state index contributed by atoms with van der Waals surface area (Å²) < 4.78 is 16.4. The molecule has 2 rings (SSSR count). The minimum absolute atomic E-state index is 0.388. The Bertz CT molecular complexity index is 626. The highest BCUT2D eigenvalue weighted by atomic mass is 79.9. The van der Waals surface area contributed by atoms with Crippen LogP contribution in [0.25, 0.3) is 0 Å². The molecule has 2 aromatic carbocycles. The Labute approximate surface area is 131 Å². The molecule has 0 spiro atoms. The molecule has 0 N–H and O–H groups in total. The predicted octanol–water partition coefficient (Wildman–Crippen LogP) is 3.82. The van der Waals surface area contributed by atoms with Crippen LogP contribution >= 0.6 is 15.9 Å². The molecule has 0 saturated carbocycles. The van der Waals surface area contributed by atoms with Gasteiger partial charge >= 0.3 is 5.97 Å². The fraction of sp³-hybridized carbons (Fsp3) is 0.188. The third kappa shape index (κ3) is 3.76. The number of benzene rings is 2. The SMILES string of the molecule is COC(=O)c1cc(OCc2ccccc2)c(OC)cc1Br. The second kappa shape index (κ2) is 7.13. The third-order valence-electron chi connectivity index (χ3n) is 2.90. The zero-order chi connectivity index (χ0) is 15.2. The van der Waals surface area contributed by atoms with Crippen LogP contribution in [0.15, 0.2) is 46.9 Å². The fourth-order valence-electron chi connectivity index (χ4n) is 1.81. The first-order valence-electron chi connectivity index (χ1n) is 6.28. The van der Waals surface area contributed by atoms with Crippen molar-refractivity contribution in [3.8, 4) is 11.5 Å². The smallest absolute Gasteiger partial charge is 0.339 e. The lowest BCUT2D eigenvalue weighted by atomic mass is 10.2. The number of ether oxygens (including phenoxy) is 3. The molecule has 0 fully saturated rings. The van der Waals surface area contributed by atoms with Crippen LogP contribution in [-0.4, -0.2) is 20.2 Å². The number of rotatable bonds is 5. The molecule has 2 aromatic rings. The molecule has 5 heteroatoms. The van der Waals surface area contributed by atoms with Crippen LogP contribution < -0.4 is 9.47 Å². The Morgan fingerprint density at radius 3 is 2.43 bits per heavy atom. The molecule has 4 nitrogen and oxygen atoms in total. The van der Waals surface area contributed by atoms with E-state index in [1.54, 1.807) is 19.2 Å². The second-order valence-corrected chi connectivity index (χ2v) is 5.10. The molecule has 0 aliphatic rings. The summed E-state index contributed by atoms with van der Waals surface area (Å²) in [6.45, 7) is 0.388. The van der Waals surface area contributed by atoms with E-state index >= 15 is 0 Å². The van der Waals surface area contributed by atoms with Crippen molar-refractivity contribution in [2.24, 2.45) is 0 Å². The van der Waals surface area contributed by atoms with Gasteiger partial charge in [-0.25, -0.2) is 4.79 Å². The van der Waals surface area contributed by atoms with Gasteiger partial charge in [-0.2, -0.15) is 0 Å². The molecule has 0 aliphatic carbocycles. The Morgan fingerprint density at radius 2 is 1.81 bits per heavy atom. The molecule has 0 saturated heterocycles. The van der Waals surface area contributed by atoms with E-state index in [1.807, 2.05) is 30.3 Å². The summed E-state index contributed by atoms with van der Waals surface area (Å²) in [5.41, 5.74) is 1.42. The van der Waals surface area contributed by atoms with Crippen molar-refractivity contribution in [2.75, 3.05) is 14.2 Å². The average molecular weight is 351 g/mol. The van der Waals surface area contributed by atoms with Gasteiger partial charge in [0.1, 0.15) is 6.61 Å². The minimum Gasteiger partial charge on any atom is -0.493 e. The maximum absolute atomic E-state index is 11.7. The van der Waals surface area contributed by atoms with E-state index in [0.29, 0.717) is 28.1 Å². The first kappa shape index (κ1) is 15.4. The summed E-state index contributed by atoms with van der Waals surface area (Å²) in [6.07, 6.45) is 0. The predicted molar refractivity (Wildman–Crippen MR) is 82.8 cm³/mol. The van der Waals surface area contributed by atoms with Gasteiger partial charge in [0.25, 0.3) is 0 Å². The Balaban J connectivity index is 2.26. The van der Waals surface area contributed by atoms with Gasteiger partial charge in [0.15, 0.2) is 11.5 Å². The van der Waals surface area contributed by atoms with E-state index in [4.69, 9.17) is 14.2 Å². The Kier molecular flexibility index (Phi) is 5.22. The normalized spacial score (nSPS) is 10.0. The minimum atomic E-state index is -0.436. The van der Waals surface area contributed by atoms with Crippen molar-refractivity contribution >= 4 is 21.9 Å². The van der Waals surface area contributed by atoms with Gasteiger partial charge in [-0.1, -0.05) is 30.3 Å². The van der Waals surface area contributed by atoms with E-state index in [2.05, 4.69) is 15.9 Å². The van der Waals surface area contributed by atoms with E-state index in [-0.39, 0.29) is 0 Å². The van der Waals surface area contributed by atoms with Gasteiger partial charge in [0, 0.05) is 4.47 Å². The van der Waals surface area contributed by atoms with Gasteiger partial charge in [-0.05, 0) is 33.6 Å². The quantitative estimate of drug-likeness (QED) is 0.769. The zero-order valence-corrected chi connectivity index (χ0v) is 13.3. The maximum atomic E-state index is 11.7. The fourth-order valence-corrected chi connectivity index (χ4v) is 2.29. The molecule has 0 aliphatic heterocycles. The van der Waals surface area contributed by atoms with Gasteiger partial charge in [-0.15, -0.1) is 0 Å². The molecular weight excluding hydrogens is 336 g/mol. The van der Waals surface area contributed by atoms with Crippen LogP contribution in [0.2, 0.25) is 0 Å². The largest absolute Gasteiger partial charge is 0.493 e. The number of hydrogen-bond donors (Lipinski definition) is 0. The Morgan fingerprint density at radius 1 is 1.10 bits per heavy atom. The number of esters is 1. The topological polar surface area (TPSA) is 44.8 Å². The number of carbonyl (C=O) groups excluding carboxylic acids is 1. The molecule has 0 aromatic heterocycles. The van der Waals surface area contributed by atoms with Crippen LogP contribution in [0.5, 0.6) is 11.5 Å². The van der Waals surface area contributed by atoms with Crippen molar-refractivity contribution in [2.45, 2.75) is 6.61 Å². The van der Waals surface area contributed by atoms with Crippen LogP contribution in [-0.2, 0) is 11.3 Å². The lowest BCUT2D eigenvalue weighted by Gasteiger charge is -2.13. The highest BCUT2D eigenvalue weighted by Crippen LogP contribution is 2.34. The molecule has 0 heterocycles. The standard InChI is InChI=1S/C16H15BrO4/c1-19-14-9-13(17)12(16(18)20-2)8-15(14)21-10-11-6-4-3-5-7-11/h3-9H,10H2,1-2H3. The lowest BCUT2D eigenvalue weighted by Crippen LogP contribution is -2.05. The van der Waals surface area contributed by atoms with Crippen molar-refractivity contribution in [1.82, 2.24) is 0 Å². The summed E-state index contributed by atoms with van der Waals surface area (Å²) in [4.78, 5) is 11.7. The van der Waals surface area contributed by atoms with Crippen molar-refractivity contribution in [3.63, 3.8) is 0 Å². The summed E-state index contributed by atoms with van der Waals surface area (Å²) in [7, 11) is 2.89. The molecule has 110 valence electrons. The summed E-state index contributed by atoms with van der Waals surface area (Å²) in [6, 6.07) is 13.1. The maximum Gasteiger partial charge on any atom is 0.339 e. The van der Waals surface area contributed by atoms with Gasteiger partial charge in [0.05, 0.1) is 19.8 Å². The van der Waals surface area contributed by atoms with Crippen LogP contribution in [0.1, 0.15) is 15.9 Å². The second-order valence-electron chi connectivity index (χ2n) is 4.25. The van der Waals surface area contributed by atoms with Crippen LogP contribution in [0.3, 0.4) is 0 Å². The number of carbonyl (C=O) groups is 1. The molecular formula is C16H15BrO4. The summed E-state index contributed by atoms with van der Waals surface area (Å²) >= 11 is 3.32. The van der Waals surface area contributed by atoms with Crippen molar-refractivity contribution < 1.29 is 19.0 Å². The van der Waals surface area contributed by atoms with E-state index in [0.717, 1.165) is 5.56 Å². The number of methoxy groups -OCH3 is 2. The number of halogens is 1. The molecule has 21 heavy (non-hydrogen) atoms. The lowest BCUT2D eigenvalue weighted by molar-refractivity contribution is 0.0599. The van der Waals surface area contributed by atoms with Crippen LogP contribution in [0.4, 0.5) is 0 Å². The molecule has 0 amide bonds. The Hall–Kier alpha value is -2.01. The van der Waals surface area contributed by atoms with Gasteiger partial charge < -0.3 is 14.2 Å². The van der Waals surface area contributed by atoms with E-state index < -0.39 is 5.97 Å². The monoisotopic (exact) mass is 350 g/mol. The molecule has 0 unspecified atom stereocenters. The number of hydrogen-bond acceptors (Lipinski definition) is 4. The first-order valence-corrected chi connectivity index (χ1v) is 7.07. The van der Waals surface area contributed by atoms with Gasteiger partial charge in [-0.3, -0.25) is 0 Å². The average Bonchev–Trinajstić information content (AvgIpc) is 2.53. The molecule has 0 atom stereocenters. The first-order chi connectivity index (χ1) is 10.2. The summed E-state index contributed by atoms with van der Waals surface area (Å²) in [5.74, 6) is 0.601. The van der Waals surface area contributed by atoms with Gasteiger partial charge in [0.2, 0.25) is 0 Å². The highest BCUT2D eigenvalue weighted by molar-refractivity contribution is 9.10. The zero-order valence-electron chi connectivity index (χ0n) is 11.8. The van der Waals surface area contributed by atoms with Crippen molar-refractivity contribution in [3.05, 3.63) is 58.1 Å². The van der Waals surface area contributed by atoms with E-state index in [9.17, 15) is 4.79 Å². The molecule has 0 radical (unpaired) electrons. The third-order valence-corrected chi connectivity index (χ3v) is 3.55.